The van der Waals surface area contributed by atoms with Gasteiger partial charge in [-0.25, -0.2) is 4.98 Å². The van der Waals surface area contributed by atoms with Crippen molar-refractivity contribution < 1.29 is 4.74 Å². The van der Waals surface area contributed by atoms with Crippen LogP contribution in [0, 0.1) is 0 Å². The summed E-state index contributed by atoms with van der Waals surface area (Å²) in [4.78, 5) is 4.98. The summed E-state index contributed by atoms with van der Waals surface area (Å²) in [5.41, 5.74) is 13.4. The third-order valence-electron chi connectivity index (χ3n) is 8.04. The van der Waals surface area contributed by atoms with Gasteiger partial charge in [-0.2, -0.15) is 0 Å². The van der Waals surface area contributed by atoms with Crippen LogP contribution in [0.25, 0.3) is 0 Å². The Bertz CT molecular complexity index is 1400. The average Bonchev–Trinajstić information content (AvgIpc) is 3.45. The summed E-state index contributed by atoms with van der Waals surface area (Å²) < 4.78 is 7.76. The van der Waals surface area contributed by atoms with E-state index in [2.05, 4.69) is 114 Å². The first kappa shape index (κ1) is 24.2. The molecule has 2 atom stereocenters. The number of benzene rings is 4. The standard InChI is InChI=1S/C34H33N3O/c1-38-30-18-19-31-25(21-30)17-20-33(35)32(31)22-29-23-37(24-36-29)34(26-11-5-2-6-12-26,27-13-7-3-8-14-27)28-15-9-4-10-16-28/h2-16,18-19,21,23-24,32-33H,17,20,22,35H2,1H3/t32-,33+/m0/s1. The zero-order valence-electron chi connectivity index (χ0n) is 21.7. The summed E-state index contributed by atoms with van der Waals surface area (Å²) in [5, 5.41) is 0. The lowest BCUT2D eigenvalue weighted by atomic mass is 9.76. The summed E-state index contributed by atoms with van der Waals surface area (Å²) in [6.07, 6.45) is 6.95. The molecule has 6 rings (SSSR count). The SMILES string of the molecule is COc1ccc2c(c1)CC[C@@H](N)[C@H]2Cc1cn(C(c2ccccc2)(c2ccccc2)c2ccccc2)cn1. The molecule has 0 aliphatic heterocycles. The zero-order chi connectivity index (χ0) is 26.0. The predicted octanol–water partition coefficient (Wildman–Crippen LogP) is 6.33. The van der Waals surface area contributed by atoms with Crippen molar-refractivity contribution in [2.75, 3.05) is 7.11 Å². The smallest absolute Gasteiger partial charge is 0.121 e. The van der Waals surface area contributed by atoms with Gasteiger partial charge in [0, 0.05) is 18.2 Å². The fourth-order valence-corrected chi connectivity index (χ4v) is 6.17. The molecule has 2 N–H and O–H groups in total. The van der Waals surface area contributed by atoms with Crippen molar-refractivity contribution in [2.45, 2.75) is 36.8 Å². The van der Waals surface area contributed by atoms with Crippen LogP contribution in [0.15, 0.2) is 122 Å². The molecule has 0 spiro atoms. The highest BCUT2D eigenvalue weighted by molar-refractivity contribution is 5.51. The molecule has 0 saturated heterocycles. The third-order valence-corrected chi connectivity index (χ3v) is 8.04. The van der Waals surface area contributed by atoms with Crippen molar-refractivity contribution in [3.05, 3.63) is 155 Å². The van der Waals surface area contributed by atoms with E-state index in [4.69, 9.17) is 15.5 Å². The van der Waals surface area contributed by atoms with Gasteiger partial charge < -0.3 is 15.0 Å². The Hall–Kier alpha value is -4.15. The molecule has 1 heterocycles. The van der Waals surface area contributed by atoms with Gasteiger partial charge in [-0.05, 0) is 59.2 Å². The van der Waals surface area contributed by atoms with Crippen molar-refractivity contribution in [3.63, 3.8) is 0 Å². The number of aryl methyl sites for hydroxylation is 1. The van der Waals surface area contributed by atoms with Crippen LogP contribution in [0.1, 0.15) is 45.8 Å². The number of hydrogen-bond acceptors (Lipinski definition) is 3. The topological polar surface area (TPSA) is 53.1 Å². The Kier molecular flexibility index (Phi) is 6.57. The Morgan fingerprint density at radius 1 is 0.842 bits per heavy atom. The molecule has 1 aromatic heterocycles. The van der Waals surface area contributed by atoms with E-state index in [1.807, 2.05) is 12.4 Å². The number of ether oxygens (including phenoxy) is 1. The number of aromatic nitrogens is 2. The minimum Gasteiger partial charge on any atom is -0.497 e. The minimum atomic E-state index is -0.561. The molecule has 0 saturated carbocycles. The van der Waals surface area contributed by atoms with Gasteiger partial charge in [-0.1, -0.05) is 97.1 Å². The molecule has 0 amide bonds. The van der Waals surface area contributed by atoms with Crippen LogP contribution in [0.3, 0.4) is 0 Å². The number of rotatable bonds is 7. The molecule has 4 heteroatoms. The van der Waals surface area contributed by atoms with Crippen molar-refractivity contribution in [1.29, 1.82) is 0 Å². The van der Waals surface area contributed by atoms with Gasteiger partial charge >= 0.3 is 0 Å². The Morgan fingerprint density at radius 2 is 1.42 bits per heavy atom. The Balaban J connectivity index is 1.47. The van der Waals surface area contributed by atoms with Gasteiger partial charge in [0.2, 0.25) is 0 Å². The molecule has 4 aromatic carbocycles. The number of nitrogens with zero attached hydrogens (tertiary/aromatic N) is 2. The maximum absolute atomic E-state index is 6.71. The van der Waals surface area contributed by atoms with Crippen LogP contribution in [0.4, 0.5) is 0 Å². The quantitative estimate of drug-likeness (QED) is 0.266. The molecular formula is C34H33N3O. The second-order valence-corrected chi connectivity index (χ2v) is 10.2. The van der Waals surface area contributed by atoms with Gasteiger partial charge in [-0.15, -0.1) is 0 Å². The highest BCUT2D eigenvalue weighted by Gasteiger charge is 2.38. The van der Waals surface area contributed by atoms with Crippen LogP contribution >= 0.6 is 0 Å². The Morgan fingerprint density at radius 3 is 1.97 bits per heavy atom. The number of hydrogen-bond donors (Lipinski definition) is 1. The van der Waals surface area contributed by atoms with E-state index in [1.54, 1.807) is 7.11 Å². The monoisotopic (exact) mass is 499 g/mol. The fourth-order valence-electron chi connectivity index (χ4n) is 6.17. The van der Waals surface area contributed by atoms with Crippen molar-refractivity contribution in [3.8, 4) is 5.75 Å². The number of nitrogens with two attached hydrogens (primary N) is 1. The second kappa shape index (κ2) is 10.3. The molecule has 0 fully saturated rings. The largest absolute Gasteiger partial charge is 0.497 e. The van der Waals surface area contributed by atoms with Gasteiger partial charge in [0.15, 0.2) is 0 Å². The number of imidazole rings is 1. The summed E-state index contributed by atoms with van der Waals surface area (Å²) in [6, 6.07) is 38.6. The van der Waals surface area contributed by atoms with Gasteiger partial charge in [0.05, 0.1) is 19.1 Å². The lowest BCUT2D eigenvalue weighted by Gasteiger charge is -2.37. The first-order valence-electron chi connectivity index (χ1n) is 13.3. The van der Waals surface area contributed by atoms with Gasteiger partial charge in [0.1, 0.15) is 11.3 Å². The van der Waals surface area contributed by atoms with Crippen LogP contribution in [-0.2, 0) is 18.4 Å². The van der Waals surface area contributed by atoms with E-state index in [0.717, 1.165) is 30.7 Å². The lowest BCUT2D eigenvalue weighted by molar-refractivity contribution is 0.410. The molecule has 0 radical (unpaired) electrons. The predicted molar refractivity (Wildman–Crippen MR) is 153 cm³/mol. The molecule has 4 nitrogen and oxygen atoms in total. The van der Waals surface area contributed by atoms with Gasteiger partial charge in [-0.3, -0.25) is 0 Å². The fraction of sp³-hybridized carbons (Fsp3) is 0.206. The number of fused-ring (bicyclic) bond motifs is 1. The molecule has 1 aliphatic carbocycles. The van der Waals surface area contributed by atoms with E-state index in [0.29, 0.717) is 0 Å². The average molecular weight is 500 g/mol. The molecule has 190 valence electrons. The minimum absolute atomic E-state index is 0.100. The third kappa shape index (κ3) is 4.21. The first-order valence-corrected chi connectivity index (χ1v) is 13.3. The van der Waals surface area contributed by atoms with Crippen LogP contribution in [0.2, 0.25) is 0 Å². The second-order valence-electron chi connectivity index (χ2n) is 10.2. The molecule has 0 bridgehead atoms. The lowest BCUT2D eigenvalue weighted by Crippen LogP contribution is -2.37. The summed E-state index contributed by atoms with van der Waals surface area (Å²) in [7, 11) is 1.72. The maximum Gasteiger partial charge on any atom is 0.121 e. The highest BCUT2D eigenvalue weighted by atomic mass is 16.5. The molecule has 5 aromatic rings. The van der Waals surface area contributed by atoms with E-state index in [9.17, 15) is 0 Å². The zero-order valence-corrected chi connectivity index (χ0v) is 21.7. The van der Waals surface area contributed by atoms with Crippen molar-refractivity contribution in [2.24, 2.45) is 5.73 Å². The summed E-state index contributed by atoms with van der Waals surface area (Å²) in [5.74, 6) is 1.12. The number of methoxy groups -OCH3 is 1. The van der Waals surface area contributed by atoms with Crippen molar-refractivity contribution in [1.82, 2.24) is 9.55 Å². The van der Waals surface area contributed by atoms with Gasteiger partial charge in [0.25, 0.3) is 0 Å². The highest BCUT2D eigenvalue weighted by Crippen LogP contribution is 2.41. The van der Waals surface area contributed by atoms with Crippen LogP contribution < -0.4 is 10.5 Å². The van der Waals surface area contributed by atoms with E-state index < -0.39 is 5.54 Å². The molecule has 0 unspecified atom stereocenters. The van der Waals surface area contributed by atoms with Crippen LogP contribution in [0.5, 0.6) is 5.75 Å². The van der Waals surface area contributed by atoms with E-state index in [-0.39, 0.29) is 12.0 Å². The normalized spacial score (nSPS) is 17.1. The summed E-state index contributed by atoms with van der Waals surface area (Å²) in [6.45, 7) is 0. The summed E-state index contributed by atoms with van der Waals surface area (Å²) >= 11 is 0. The molecular weight excluding hydrogens is 466 g/mol. The van der Waals surface area contributed by atoms with E-state index >= 15 is 0 Å². The maximum atomic E-state index is 6.71. The van der Waals surface area contributed by atoms with Crippen LogP contribution in [-0.4, -0.2) is 22.7 Å². The first-order chi connectivity index (χ1) is 18.7. The Labute approximate surface area is 224 Å². The van der Waals surface area contributed by atoms with E-state index in [1.165, 1.54) is 27.8 Å². The van der Waals surface area contributed by atoms with Crippen molar-refractivity contribution >= 4 is 0 Å². The molecule has 38 heavy (non-hydrogen) atoms. The molecule has 1 aliphatic rings.